The SMILES string of the molecule is CCc1nn(C)c(CC(O)c2cccc(F)c2Br)c1Cl. The summed E-state index contributed by atoms with van der Waals surface area (Å²) in [7, 11) is 1.79. The molecule has 2 rings (SSSR count). The third-order valence-corrected chi connectivity index (χ3v) is 4.50. The van der Waals surface area contributed by atoms with Gasteiger partial charge in [-0.15, -0.1) is 0 Å². The zero-order valence-corrected chi connectivity index (χ0v) is 13.5. The molecule has 1 aromatic heterocycles. The van der Waals surface area contributed by atoms with Gasteiger partial charge >= 0.3 is 0 Å². The molecule has 0 saturated carbocycles. The van der Waals surface area contributed by atoms with Gasteiger partial charge in [-0.05, 0) is 34.0 Å². The van der Waals surface area contributed by atoms with Crippen LogP contribution in [-0.4, -0.2) is 14.9 Å². The predicted molar refractivity (Wildman–Crippen MR) is 80.4 cm³/mol. The second-order valence-corrected chi connectivity index (χ2v) is 5.72. The largest absolute Gasteiger partial charge is 0.388 e. The van der Waals surface area contributed by atoms with Gasteiger partial charge < -0.3 is 5.11 Å². The van der Waals surface area contributed by atoms with Crippen molar-refractivity contribution in [2.24, 2.45) is 7.05 Å². The van der Waals surface area contributed by atoms with E-state index in [-0.39, 0.29) is 10.9 Å². The minimum absolute atomic E-state index is 0.279. The molecule has 0 aliphatic rings. The predicted octanol–water partition coefficient (Wildman–Crippen LogP) is 3.81. The molecule has 3 nitrogen and oxygen atoms in total. The highest BCUT2D eigenvalue weighted by molar-refractivity contribution is 9.10. The van der Waals surface area contributed by atoms with Crippen LogP contribution in [0, 0.1) is 5.82 Å². The van der Waals surface area contributed by atoms with Crippen molar-refractivity contribution in [2.75, 3.05) is 0 Å². The summed E-state index contributed by atoms with van der Waals surface area (Å²) >= 11 is 9.41. The number of benzene rings is 1. The van der Waals surface area contributed by atoms with Crippen molar-refractivity contribution in [3.63, 3.8) is 0 Å². The molecule has 20 heavy (non-hydrogen) atoms. The number of halogens is 3. The van der Waals surface area contributed by atoms with Crippen LogP contribution in [-0.2, 0) is 19.9 Å². The van der Waals surface area contributed by atoms with E-state index in [9.17, 15) is 9.50 Å². The summed E-state index contributed by atoms with van der Waals surface area (Å²) in [6.07, 6.45) is 0.161. The van der Waals surface area contributed by atoms with Crippen LogP contribution in [0.5, 0.6) is 0 Å². The van der Waals surface area contributed by atoms with Crippen LogP contribution >= 0.6 is 27.5 Å². The van der Waals surface area contributed by atoms with Crippen LogP contribution < -0.4 is 0 Å². The molecule has 1 N–H and O–H groups in total. The first-order valence-electron chi connectivity index (χ1n) is 6.27. The first-order valence-corrected chi connectivity index (χ1v) is 7.45. The molecule has 0 amide bonds. The number of hydrogen-bond acceptors (Lipinski definition) is 2. The molecule has 0 fully saturated rings. The molecule has 1 atom stereocenters. The highest BCUT2D eigenvalue weighted by Gasteiger charge is 2.20. The zero-order chi connectivity index (χ0) is 14.9. The van der Waals surface area contributed by atoms with E-state index in [2.05, 4.69) is 21.0 Å². The molecule has 1 heterocycles. The Labute approximate surface area is 130 Å². The van der Waals surface area contributed by atoms with Crippen molar-refractivity contribution in [3.8, 4) is 0 Å². The number of aryl methyl sites for hydroxylation is 2. The second-order valence-electron chi connectivity index (χ2n) is 4.55. The molecule has 1 unspecified atom stereocenters. The number of nitrogens with zero attached hydrogens (tertiary/aromatic N) is 2. The first-order chi connectivity index (χ1) is 9.45. The summed E-state index contributed by atoms with van der Waals surface area (Å²) in [6.45, 7) is 1.97. The monoisotopic (exact) mass is 360 g/mol. The maximum Gasteiger partial charge on any atom is 0.137 e. The van der Waals surface area contributed by atoms with Gasteiger partial charge in [0.05, 0.1) is 27.0 Å². The molecule has 0 saturated heterocycles. The lowest BCUT2D eigenvalue weighted by Crippen LogP contribution is -2.08. The van der Waals surface area contributed by atoms with E-state index in [1.165, 1.54) is 6.07 Å². The Kier molecular flexibility index (Phi) is 4.83. The van der Waals surface area contributed by atoms with E-state index in [0.29, 0.717) is 10.6 Å². The molecule has 0 bridgehead atoms. The molecule has 1 aromatic carbocycles. The topological polar surface area (TPSA) is 38.0 Å². The molecule has 108 valence electrons. The minimum atomic E-state index is -0.849. The third kappa shape index (κ3) is 2.90. The van der Waals surface area contributed by atoms with Crippen molar-refractivity contribution < 1.29 is 9.50 Å². The smallest absolute Gasteiger partial charge is 0.137 e. The number of aliphatic hydroxyl groups excluding tert-OH is 1. The van der Waals surface area contributed by atoms with Gasteiger partial charge in [-0.1, -0.05) is 30.7 Å². The summed E-state index contributed by atoms with van der Waals surface area (Å²) in [5, 5.41) is 15.2. The minimum Gasteiger partial charge on any atom is -0.388 e. The summed E-state index contributed by atoms with van der Waals surface area (Å²) in [6, 6.07) is 4.59. The fourth-order valence-electron chi connectivity index (χ4n) is 2.11. The Morgan fingerprint density at radius 3 is 2.80 bits per heavy atom. The van der Waals surface area contributed by atoms with E-state index in [0.717, 1.165) is 17.8 Å². The van der Waals surface area contributed by atoms with Crippen LogP contribution in [0.2, 0.25) is 5.02 Å². The lowest BCUT2D eigenvalue weighted by atomic mass is 10.0. The van der Waals surface area contributed by atoms with Crippen molar-refractivity contribution >= 4 is 27.5 Å². The summed E-state index contributed by atoms with van der Waals surface area (Å²) in [4.78, 5) is 0. The van der Waals surface area contributed by atoms with Crippen LogP contribution in [0.15, 0.2) is 22.7 Å². The van der Waals surface area contributed by atoms with Crippen molar-refractivity contribution in [2.45, 2.75) is 25.9 Å². The summed E-state index contributed by atoms with van der Waals surface area (Å²) < 4.78 is 15.4. The normalized spacial score (nSPS) is 12.7. The van der Waals surface area contributed by atoms with Crippen LogP contribution in [0.1, 0.15) is 30.0 Å². The van der Waals surface area contributed by atoms with E-state index in [1.54, 1.807) is 23.9 Å². The molecular weight excluding hydrogens is 347 g/mol. The highest BCUT2D eigenvalue weighted by Crippen LogP contribution is 2.30. The maximum absolute atomic E-state index is 13.5. The van der Waals surface area contributed by atoms with Gasteiger partial charge in [-0.2, -0.15) is 5.10 Å². The Morgan fingerprint density at radius 2 is 2.20 bits per heavy atom. The van der Waals surface area contributed by atoms with Gasteiger partial charge in [-0.25, -0.2) is 4.39 Å². The lowest BCUT2D eigenvalue weighted by molar-refractivity contribution is 0.174. The highest BCUT2D eigenvalue weighted by atomic mass is 79.9. The van der Waals surface area contributed by atoms with E-state index >= 15 is 0 Å². The molecule has 2 aromatic rings. The average Bonchev–Trinajstić information content (AvgIpc) is 2.69. The van der Waals surface area contributed by atoms with Crippen molar-refractivity contribution in [1.82, 2.24) is 9.78 Å². The van der Waals surface area contributed by atoms with Gasteiger partial charge in [0.15, 0.2) is 0 Å². The maximum atomic E-state index is 13.5. The molecule has 0 spiro atoms. The number of aromatic nitrogens is 2. The fourth-order valence-corrected chi connectivity index (χ4v) is 3.01. The van der Waals surface area contributed by atoms with Crippen LogP contribution in [0.25, 0.3) is 0 Å². The van der Waals surface area contributed by atoms with Crippen LogP contribution in [0.4, 0.5) is 4.39 Å². The van der Waals surface area contributed by atoms with E-state index in [4.69, 9.17) is 11.6 Å². The third-order valence-electron chi connectivity index (χ3n) is 3.23. The molecule has 0 aliphatic heterocycles. The number of hydrogen-bond donors (Lipinski definition) is 1. The standard InChI is InChI=1S/C14H15BrClFN2O/c1-3-10-14(16)11(19(2)18-10)7-12(20)8-5-4-6-9(17)13(8)15/h4-6,12,20H,3,7H2,1-2H3. The molecule has 0 aliphatic carbocycles. The van der Waals surface area contributed by atoms with Gasteiger partial charge in [0.25, 0.3) is 0 Å². The number of rotatable bonds is 4. The Balaban J connectivity index is 2.30. The quantitative estimate of drug-likeness (QED) is 0.899. The van der Waals surface area contributed by atoms with E-state index < -0.39 is 11.9 Å². The summed E-state index contributed by atoms with van der Waals surface area (Å²) in [5.41, 5.74) is 2.04. The van der Waals surface area contributed by atoms with Gasteiger partial charge in [-0.3, -0.25) is 4.68 Å². The summed E-state index contributed by atoms with van der Waals surface area (Å²) in [5.74, 6) is -0.396. The Bertz CT molecular complexity index is 630. The molecule has 0 radical (unpaired) electrons. The molecular formula is C14H15BrClFN2O. The second kappa shape index (κ2) is 6.24. The Morgan fingerprint density at radius 1 is 1.50 bits per heavy atom. The van der Waals surface area contributed by atoms with Gasteiger partial charge in [0, 0.05) is 13.5 Å². The van der Waals surface area contributed by atoms with Crippen LogP contribution in [0.3, 0.4) is 0 Å². The number of aliphatic hydroxyl groups is 1. The first kappa shape index (κ1) is 15.5. The lowest BCUT2D eigenvalue weighted by Gasteiger charge is -2.13. The van der Waals surface area contributed by atoms with E-state index in [1.807, 2.05) is 6.92 Å². The van der Waals surface area contributed by atoms with Gasteiger partial charge in [0.1, 0.15) is 5.82 Å². The molecule has 6 heteroatoms. The van der Waals surface area contributed by atoms with Gasteiger partial charge in [0.2, 0.25) is 0 Å². The fraction of sp³-hybridized carbons (Fsp3) is 0.357. The zero-order valence-electron chi connectivity index (χ0n) is 11.2. The van der Waals surface area contributed by atoms with Crippen molar-refractivity contribution in [1.29, 1.82) is 0 Å². The average molecular weight is 362 g/mol. The van der Waals surface area contributed by atoms with Crippen molar-refractivity contribution in [3.05, 3.63) is 50.5 Å². The Hall–Kier alpha value is -0.910.